The van der Waals surface area contributed by atoms with E-state index < -0.39 is 0 Å². The topological polar surface area (TPSA) is 75.7 Å². The Kier molecular flexibility index (Phi) is 2.66. The average molecular weight is 235 g/mol. The van der Waals surface area contributed by atoms with Crippen LogP contribution in [0.1, 0.15) is 32.1 Å². The molecule has 2 aromatic rings. The summed E-state index contributed by atoms with van der Waals surface area (Å²) in [6.45, 7) is 3.53. The van der Waals surface area contributed by atoms with Gasteiger partial charge in [0.15, 0.2) is 12.6 Å². The summed E-state index contributed by atoms with van der Waals surface area (Å²) in [5.74, 6) is 0. The van der Waals surface area contributed by atoms with E-state index in [0.717, 1.165) is 23.7 Å². The molecule has 0 amide bonds. The largest absolute Gasteiger partial charge is 0.350 e. The van der Waals surface area contributed by atoms with Crippen molar-refractivity contribution in [3.05, 3.63) is 22.5 Å². The molecule has 82 valence electrons. The van der Waals surface area contributed by atoms with E-state index in [1.165, 1.54) is 0 Å². The summed E-state index contributed by atoms with van der Waals surface area (Å²) in [6, 6.07) is 0. The van der Waals surface area contributed by atoms with Gasteiger partial charge in [-0.25, -0.2) is 0 Å². The normalized spacial score (nSPS) is 10.4. The number of aldehydes is 2. The number of nitrogens with zero attached hydrogens (tertiary/aromatic N) is 2. The lowest BCUT2D eigenvalue weighted by atomic mass is 10.1. The molecule has 2 rings (SSSR count). The summed E-state index contributed by atoms with van der Waals surface area (Å²) in [4.78, 5) is 24.7. The summed E-state index contributed by atoms with van der Waals surface area (Å²) in [6.07, 6.45) is 1.42. The van der Waals surface area contributed by atoms with Crippen LogP contribution < -0.4 is 0 Å². The first-order valence-corrected chi connectivity index (χ1v) is 5.34. The van der Waals surface area contributed by atoms with Crippen molar-refractivity contribution in [2.45, 2.75) is 13.8 Å². The van der Waals surface area contributed by atoms with Crippen LogP contribution in [0.25, 0.3) is 11.4 Å². The highest BCUT2D eigenvalue weighted by Crippen LogP contribution is 2.26. The van der Waals surface area contributed by atoms with Crippen LogP contribution in [-0.2, 0) is 0 Å². The lowest BCUT2D eigenvalue weighted by Gasteiger charge is -1.94. The second-order valence-corrected chi connectivity index (χ2v) is 3.91. The number of carbonyl (C=O) groups is 2. The Morgan fingerprint density at radius 3 is 2.44 bits per heavy atom. The van der Waals surface area contributed by atoms with Gasteiger partial charge in [-0.2, -0.15) is 8.75 Å². The van der Waals surface area contributed by atoms with Crippen molar-refractivity contribution in [3.8, 4) is 11.4 Å². The van der Waals surface area contributed by atoms with Gasteiger partial charge in [-0.3, -0.25) is 9.59 Å². The van der Waals surface area contributed by atoms with Gasteiger partial charge in [-0.15, -0.1) is 0 Å². The Morgan fingerprint density at radius 1 is 1.19 bits per heavy atom. The third kappa shape index (κ3) is 1.47. The molecule has 0 aliphatic rings. The van der Waals surface area contributed by atoms with Gasteiger partial charge in [0.2, 0.25) is 0 Å². The zero-order valence-corrected chi connectivity index (χ0v) is 9.59. The third-order valence-corrected chi connectivity index (χ3v) is 3.08. The molecule has 0 atom stereocenters. The van der Waals surface area contributed by atoms with E-state index >= 15 is 0 Å². The summed E-state index contributed by atoms with van der Waals surface area (Å²) >= 11 is 1.08. The van der Waals surface area contributed by atoms with Gasteiger partial charge in [-0.1, -0.05) is 0 Å². The third-order valence-electron chi connectivity index (χ3n) is 2.46. The molecule has 0 bridgehead atoms. The van der Waals surface area contributed by atoms with Gasteiger partial charge >= 0.3 is 0 Å². The number of aromatic amines is 1. The number of H-pyrrole nitrogens is 1. The Morgan fingerprint density at radius 2 is 1.94 bits per heavy atom. The van der Waals surface area contributed by atoms with Crippen LogP contribution in [0.5, 0.6) is 0 Å². The highest BCUT2D eigenvalue weighted by molar-refractivity contribution is 6.99. The molecule has 0 saturated carbocycles. The van der Waals surface area contributed by atoms with Crippen LogP contribution in [0.2, 0.25) is 0 Å². The fourth-order valence-corrected chi connectivity index (χ4v) is 2.09. The minimum Gasteiger partial charge on any atom is -0.350 e. The maximum absolute atomic E-state index is 11.0. The zero-order valence-electron chi connectivity index (χ0n) is 8.77. The molecule has 6 heteroatoms. The van der Waals surface area contributed by atoms with Crippen molar-refractivity contribution in [3.63, 3.8) is 0 Å². The standard InChI is InChI=1S/C10H9N3O2S/c1-5-7(3-14)10(11-8(5)4-15)9-6(2)12-16-13-9/h3-4,11H,1-2H3. The van der Waals surface area contributed by atoms with Crippen LogP contribution in [0.4, 0.5) is 0 Å². The molecule has 2 heterocycles. The van der Waals surface area contributed by atoms with Gasteiger partial charge in [0.05, 0.1) is 28.8 Å². The predicted octanol–water partition coefficient (Wildman–Crippen LogP) is 1.78. The van der Waals surface area contributed by atoms with Gasteiger partial charge in [0.25, 0.3) is 0 Å². The molecule has 0 radical (unpaired) electrons. The maximum atomic E-state index is 11.0. The smallest absolute Gasteiger partial charge is 0.166 e. The zero-order chi connectivity index (χ0) is 11.7. The van der Waals surface area contributed by atoms with Crippen molar-refractivity contribution < 1.29 is 9.59 Å². The molecule has 0 saturated heterocycles. The molecular formula is C10H9N3O2S. The van der Waals surface area contributed by atoms with E-state index in [1.807, 2.05) is 6.92 Å². The molecule has 5 nitrogen and oxygen atoms in total. The number of rotatable bonds is 3. The van der Waals surface area contributed by atoms with Gasteiger partial charge in [-0.05, 0) is 19.4 Å². The van der Waals surface area contributed by atoms with Crippen LogP contribution in [-0.4, -0.2) is 26.3 Å². The SMILES string of the molecule is Cc1nsnc1-c1[nH]c(C=O)c(C)c1C=O. The first kappa shape index (κ1) is 10.7. The van der Waals surface area contributed by atoms with E-state index in [9.17, 15) is 9.59 Å². The van der Waals surface area contributed by atoms with Crippen molar-refractivity contribution in [2.24, 2.45) is 0 Å². The Hall–Kier alpha value is -1.82. The van der Waals surface area contributed by atoms with Crippen molar-refractivity contribution in [2.75, 3.05) is 0 Å². The van der Waals surface area contributed by atoms with E-state index in [0.29, 0.717) is 34.5 Å². The number of hydrogen-bond donors (Lipinski definition) is 1. The molecule has 1 N–H and O–H groups in total. The summed E-state index contributed by atoms with van der Waals surface area (Å²) < 4.78 is 8.15. The number of aryl methyl sites for hydroxylation is 1. The number of nitrogens with one attached hydrogen (secondary N) is 1. The molecule has 16 heavy (non-hydrogen) atoms. The second-order valence-electron chi connectivity index (χ2n) is 3.39. The van der Waals surface area contributed by atoms with Crippen molar-refractivity contribution in [1.82, 2.24) is 13.7 Å². The van der Waals surface area contributed by atoms with Crippen LogP contribution >= 0.6 is 11.7 Å². The summed E-state index contributed by atoms with van der Waals surface area (Å²) in [7, 11) is 0. The lowest BCUT2D eigenvalue weighted by Crippen LogP contribution is -1.88. The molecule has 0 aliphatic heterocycles. The van der Waals surface area contributed by atoms with E-state index in [1.54, 1.807) is 6.92 Å². The predicted molar refractivity (Wildman–Crippen MR) is 59.9 cm³/mol. The van der Waals surface area contributed by atoms with Crippen LogP contribution in [0, 0.1) is 13.8 Å². The Bertz CT molecular complexity index is 556. The van der Waals surface area contributed by atoms with Gasteiger partial charge in [0, 0.05) is 5.56 Å². The molecule has 0 unspecified atom stereocenters. The minimum atomic E-state index is 0.407. The Labute approximate surface area is 95.8 Å². The van der Waals surface area contributed by atoms with Crippen molar-refractivity contribution >= 4 is 24.3 Å². The monoisotopic (exact) mass is 235 g/mol. The van der Waals surface area contributed by atoms with Crippen LogP contribution in [0.15, 0.2) is 0 Å². The molecular weight excluding hydrogens is 226 g/mol. The molecule has 0 aromatic carbocycles. The quantitative estimate of drug-likeness (QED) is 0.823. The highest BCUT2D eigenvalue weighted by atomic mass is 32.1. The molecule has 0 aliphatic carbocycles. The van der Waals surface area contributed by atoms with Crippen LogP contribution in [0.3, 0.4) is 0 Å². The minimum absolute atomic E-state index is 0.407. The van der Waals surface area contributed by atoms with E-state index in [2.05, 4.69) is 13.7 Å². The first-order valence-electron chi connectivity index (χ1n) is 4.61. The lowest BCUT2D eigenvalue weighted by molar-refractivity contribution is 0.111. The van der Waals surface area contributed by atoms with Gasteiger partial charge < -0.3 is 4.98 Å². The van der Waals surface area contributed by atoms with E-state index in [-0.39, 0.29) is 0 Å². The maximum Gasteiger partial charge on any atom is 0.166 e. The average Bonchev–Trinajstić information content (AvgIpc) is 2.82. The molecule has 2 aromatic heterocycles. The summed E-state index contributed by atoms with van der Waals surface area (Å²) in [5, 5.41) is 0. The van der Waals surface area contributed by atoms with Crippen molar-refractivity contribution in [1.29, 1.82) is 0 Å². The molecule has 0 spiro atoms. The second kappa shape index (κ2) is 3.97. The molecule has 0 fully saturated rings. The number of hydrogen-bond acceptors (Lipinski definition) is 5. The Balaban J connectivity index is 2.70. The fourth-order valence-electron chi connectivity index (χ4n) is 1.54. The van der Waals surface area contributed by atoms with E-state index in [4.69, 9.17) is 0 Å². The number of aromatic nitrogens is 3. The number of carbonyl (C=O) groups excluding carboxylic acids is 2. The highest BCUT2D eigenvalue weighted by Gasteiger charge is 2.18. The fraction of sp³-hybridized carbons (Fsp3) is 0.200. The first-order chi connectivity index (χ1) is 7.69. The summed E-state index contributed by atoms with van der Waals surface area (Å²) in [5.41, 5.74) is 3.46. The van der Waals surface area contributed by atoms with Gasteiger partial charge in [0.1, 0.15) is 5.69 Å².